The van der Waals surface area contributed by atoms with Gasteiger partial charge >= 0.3 is 0 Å². The highest BCUT2D eigenvalue weighted by molar-refractivity contribution is 4.94. The molecule has 2 fully saturated rings. The van der Waals surface area contributed by atoms with E-state index in [1.807, 2.05) is 41.5 Å². The summed E-state index contributed by atoms with van der Waals surface area (Å²) in [5.74, 6) is 0.395. The van der Waals surface area contributed by atoms with E-state index >= 15 is 0 Å². The first-order valence-corrected chi connectivity index (χ1v) is 7.63. The molecule has 2 nitrogen and oxygen atoms in total. The molecule has 0 aromatic carbocycles. The summed E-state index contributed by atoms with van der Waals surface area (Å²) >= 11 is 0. The highest BCUT2D eigenvalue weighted by Crippen LogP contribution is 2.46. The quantitative estimate of drug-likeness (QED) is 0.607. The number of hydrogen-bond donors (Lipinski definition) is 0. The lowest BCUT2D eigenvalue weighted by molar-refractivity contribution is -0.156. The molecule has 0 spiro atoms. The molecule has 0 amide bonds. The third-order valence-corrected chi connectivity index (χ3v) is 3.54. The molecule has 2 aliphatic rings. The molecule has 1 heterocycles. The van der Waals surface area contributed by atoms with E-state index in [0.29, 0.717) is 17.6 Å². The number of hydrogen-bond acceptors (Lipinski definition) is 2. The predicted molar refractivity (Wildman–Crippen MR) is 78.7 cm³/mol. The van der Waals surface area contributed by atoms with Crippen LogP contribution in [0.25, 0.3) is 0 Å². The van der Waals surface area contributed by atoms with Crippen molar-refractivity contribution in [3.8, 4) is 0 Å². The molecule has 1 saturated carbocycles. The Hall–Kier alpha value is -0.0800. The Morgan fingerprint density at radius 3 is 1.44 bits per heavy atom. The van der Waals surface area contributed by atoms with Crippen molar-refractivity contribution < 1.29 is 9.47 Å². The van der Waals surface area contributed by atoms with Gasteiger partial charge in [-0.3, -0.25) is 0 Å². The molecule has 18 heavy (non-hydrogen) atoms. The summed E-state index contributed by atoms with van der Waals surface area (Å²) in [7, 11) is 0. The van der Waals surface area contributed by atoms with Crippen LogP contribution < -0.4 is 0 Å². The smallest absolute Gasteiger partial charge is 0.163 e. The number of fused-ring (bicyclic) bond motifs is 1. The standard InChI is InChI=1S/C12H22O2.2C2H6/c1-11(2,3)8-6-9-10(7-8)14-12(4,5)13-9;2*1-2/h8-10H,6-7H2,1-5H3;2*1-2H3. The second-order valence-corrected chi connectivity index (χ2v) is 6.25. The average Bonchev–Trinajstić information content (AvgIpc) is 2.76. The van der Waals surface area contributed by atoms with E-state index in [9.17, 15) is 0 Å². The van der Waals surface area contributed by atoms with Crippen LogP contribution >= 0.6 is 0 Å². The Kier molecular flexibility index (Phi) is 6.87. The van der Waals surface area contributed by atoms with Gasteiger partial charge in [0, 0.05) is 0 Å². The van der Waals surface area contributed by atoms with E-state index in [4.69, 9.17) is 9.47 Å². The minimum Gasteiger partial charge on any atom is -0.345 e. The average molecular weight is 258 g/mol. The van der Waals surface area contributed by atoms with Crippen LogP contribution in [0.3, 0.4) is 0 Å². The van der Waals surface area contributed by atoms with Gasteiger partial charge in [0.05, 0.1) is 12.2 Å². The number of ether oxygens (including phenoxy) is 2. The van der Waals surface area contributed by atoms with Crippen molar-refractivity contribution in [3.63, 3.8) is 0 Å². The first kappa shape index (κ1) is 17.9. The molecule has 0 N–H and O–H groups in total. The third kappa shape index (κ3) is 4.55. The van der Waals surface area contributed by atoms with Crippen LogP contribution in [0.5, 0.6) is 0 Å². The Balaban J connectivity index is 0.000000659. The molecule has 2 unspecified atom stereocenters. The van der Waals surface area contributed by atoms with Crippen LogP contribution in [-0.2, 0) is 9.47 Å². The van der Waals surface area contributed by atoms with Gasteiger partial charge in [0.1, 0.15) is 0 Å². The van der Waals surface area contributed by atoms with E-state index < -0.39 is 0 Å². The lowest BCUT2D eigenvalue weighted by atomic mass is 9.79. The largest absolute Gasteiger partial charge is 0.345 e. The topological polar surface area (TPSA) is 18.5 Å². The van der Waals surface area contributed by atoms with Crippen LogP contribution in [0.2, 0.25) is 0 Å². The van der Waals surface area contributed by atoms with Crippen molar-refractivity contribution in [2.45, 2.75) is 93.2 Å². The van der Waals surface area contributed by atoms with Gasteiger partial charge in [-0.2, -0.15) is 0 Å². The molecule has 110 valence electrons. The van der Waals surface area contributed by atoms with Gasteiger partial charge in [0.2, 0.25) is 0 Å². The highest BCUT2D eigenvalue weighted by atomic mass is 16.8. The van der Waals surface area contributed by atoms with Crippen molar-refractivity contribution in [2.24, 2.45) is 11.3 Å². The normalized spacial score (nSPS) is 32.8. The summed E-state index contributed by atoms with van der Waals surface area (Å²) in [6, 6.07) is 0. The molecule has 0 radical (unpaired) electrons. The van der Waals surface area contributed by atoms with Crippen molar-refractivity contribution in [2.75, 3.05) is 0 Å². The van der Waals surface area contributed by atoms with Gasteiger partial charge in [-0.25, -0.2) is 0 Å². The van der Waals surface area contributed by atoms with E-state index in [-0.39, 0.29) is 5.79 Å². The minimum absolute atomic E-state index is 0.342. The van der Waals surface area contributed by atoms with E-state index in [2.05, 4.69) is 20.8 Å². The summed E-state index contributed by atoms with van der Waals surface area (Å²) in [6.07, 6.45) is 3.01. The zero-order valence-corrected chi connectivity index (χ0v) is 14.0. The fraction of sp³-hybridized carbons (Fsp3) is 1.00. The van der Waals surface area contributed by atoms with Gasteiger partial charge in [-0.15, -0.1) is 0 Å². The maximum Gasteiger partial charge on any atom is 0.163 e. The fourth-order valence-electron chi connectivity index (χ4n) is 2.67. The van der Waals surface area contributed by atoms with Crippen LogP contribution in [0.15, 0.2) is 0 Å². The Morgan fingerprint density at radius 1 is 0.833 bits per heavy atom. The van der Waals surface area contributed by atoms with Crippen LogP contribution in [0, 0.1) is 11.3 Å². The van der Waals surface area contributed by atoms with Crippen molar-refractivity contribution >= 4 is 0 Å². The first-order valence-electron chi connectivity index (χ1n) is 7.63. The first-order chi connectivity index (χ1) is 8.28. The van der Waals surface area contributed by atoms with Gasteiger partial charge in [-0.1, -0.05) is 48.5 Å². The zero-order chi connectivity index (χ0) is 14.6. The van der Waals surface area contributed by atoms with Crippen LogP contribution in [0.4, 0.5) is 0 Å². The van der Waals surface area contributed by atoms with Crippen molar-refractivity contribution in [3.05, 3.63) is 0 Å². The molecule has 0 aromatic heterocycles. The van der Waals surface area contributed by atoms with Crippen molar-refractivity contribution in [1.82, 2.24) is 0 Å². The molecule has 0 aromatic rings. The summed E-state index contributed by atoms with van der Waals surface area (Å²) in [5.41, 5.74) is 0.390. The summed E-state index contributed by atoms with van der Waals surface area (Å²) in [4.78, 5) is 0. The molecular weight excluding hydrogens is 224 g/mol. The van der Waals surface area contributed by atoms with E-state index in [1.165, 1.54) is 0 Å². The van der Waals surface area contributed by atoms with Crippen LogP contribution in [0.1, 0.15) is 75.2 Å². The molecule has 2 rings (SSSR count). The molecule has 0 bridgehead atoms. The molecular formula is C16H34O2. The lowest BCUT2D eigenvalue weighted by Gasteiger charge is -2.29. The Bertz CT molecular complexity index is 212. The minimum atomic E-state index is -0.349. The van der Waals surface area contributed by atoms with E-state index in [1.54, 1.807) is 0 Å². The maximum atomic E-state index is 5.88. The molecule has 1 aliphatic carbocycles. The second kappa shape index (κ2) is 6.91. The Labute approximate surface area is 114 Å². The summed E-state index contributed by atoms with van der Waals surface area (Å²) in [6.45, 7) is 19.0. The lowest BCUT2D eigenvalue weighted by Crippen LogP contribution is -2.26. The molecule has 2 heteroatoms. The van der Waals surface area contributed by atoms with Gasteiger partial charge in [0.25, 0.3) is 0 Å². The highest BCUT2D eigenvalue weighted by Gasteiger charge is 2.49. The Morgan fingerprint density at radius 2 is 1.17 bits per heavy atom. The van der Waals surface area contributed by atoms with Crippen molar-refractivity contribution in [1.29, 1.82) is 0 Å². The maximum absolute atomic E-state index is 5.88. The summed E-state index contributed by atoms with van der Waals surface area (Å²) in [5, 5.41) is 0. The second-order valence-electron chi connectivity index (χ2n) is 6.25. The number of rotatable bonds is 0. The predicted octanol–water partition coefficient (Wildman–Crippen LogP) is 5.02. The fourth-order valence-corrected chi connectivity index (χ4v) is 2.67. The monoisotopic (exact) mass is 258 g/mol. The van der Waals surface area contributed by atoms with Gasteiger partial charge in [-0.05, 0) is 38.0 Å². The molecule has 1 aliphatic heterocycles. The van der Waals surface area contributed by atoms with Gasteiger partial charge in [0.15, 0.2) is 5.79 Å². The third-order valence-electron chi connectivity index (χ3n) is 3.54. The molecule has 1 saturated heterocycles. The summed E-state index contributed by atoms with van der Waals surface area (Å²) < 4.78 is 11.8. The van der Waals surface area contributed by atoms with E-state index in [0.717, 1.165) is 18.8 Å². The van der Waals surface area contributed by atoms with Gasteiger partial charge < -0.3 is 9.47 Å². The zero-order valence-electron chi connectivity index (χ0n) is 14.0. The molecule has 2 atom stereocenters. The van der Waals surface area contributed by atoms with Crippen LogP contribution in [-0.4, -0.2) is 18.0 Å². The SMILES string of the molecule is CC.CC.CC1(C)OC2CC(C(C)(C)C)CC2O1.